The second-order valence-corrected chi connectivity index (χ2v) is 6.08. The standard InChI is InChI=1S/C15H20ClFN2/c16-14-4-1-11(9-15(14)17)10-18-12-5-7-19(8-6-12)13-2-3-13/h1,4,9,12-13,18H,2-3,5-8,10H2. The summed E-state index contributed by atoms with van der Waals surface area (Å²) in [5.74, 6) is -0.329. The van der Waals surface area contributed by atoms with E-state index >= 15 is 0 Å². The molecule has 2 aliphatic rings. The van der Waals surface area contributed by atoms with Crippen LogP contribution in [0.5, 0.6) is 0 Å². The quantitative estimate of drug-likeness (QED) is 0.912. The van der Waals surface area contributed by atoms with E-state index in [1.807, 2.05) is 6.07 Å². The molecule has 0 bridgehead atoms. The minimum Gasteiger partial charge on any atom is -0.310 e. The van der Waals surface area contributed by atoms with Gasteiger partial charge in [0.15, 0.2) is 0 Å². The van der Waals surface area contributed by atoms with Crippen molar-refractivity contribution in [3.05, 3.63) is 34.6 Å². The lowest BCUT2D eigenvalue weighted by molar-refractivity contribution is 0.189. The first-order chi connectivity index (χ1) is 9.22. The third kappa shape index (κ3) is 3.47. The molecule has 1 heterocycles. The molecule has 0 amide bonds. The first-order valence-corrected chi connectivity index (χ1v) is 7.51. The fourth-order valence-electron chi connectivity index (χ4n) is 2.82. The fraction of sp³-hybridized carbons (Fsp3) is 0.600. The van der Waals surface area contributed by atoms with Gasteiger partial charge in [-0.25, -0.2) is 4.39 Å². The third-order valence-corrected chi connectivity index (χ3v) is 4.48. The molecule has 1 aromatic rings. The van der Waals surface area contributed by atoms with Crippen molar-refractivity contribution in [1.82, 2.24) is 10.2 Å². The molecule has 0 unspecified atom stereocenters. The highest BCUT2D eigenvalue weighted by Crippen LogP contribution is 2.29. The first-order valence-electron chi connectivity index (χ1n) is 7.14. The zero-order chi connectivity index (χ0) is 13.2. The predicted octanol–water partition coefficient (Wildman–Crippen LogP) is 3.20. The van der Waals surface area contributed by atoms with Crippen molar-refractivity contribution in [2.24, 2.45) is 0 Å². The van der Waals surface area contributed by atoms with E-state index in [1.165, 1.54) is 44.8 Å². The van der Waals surface area contributed by atoms with Crippen LogP contribution in [0.2, 0.25) is 5.02 Å². The largest absolute Gasteiger partial charge is 0.310 e. The molecule has 1 aliphatic heterocycles. The first kappa shape index (κ1) is 13.3. The van der Waals surface area contributed by atoms with Crippen LogP contribution >= 0.6 is 11.6 Å². The lowest BCUT2D eigenvalue weighted by Crippen LogP contribution is -2.43. The third-order valence-electron chi connectivity index (χ3n) is 4.17. The maximum absolute atomic E-state index is 13.3. The highest BCUT2D eigenvalue weighted by atomic mass is 35.5. The van der Waals surface area contributed by atoms with E-state index in [0.717, 1.165) is 18.2 Å². The smallest absolute Gasteiger partial charge is 0.142 e. The van der Waals surface area contributed by atoms with Crippen molar-refractivity contribution in [3.8, 4) is 0 Å². The van der Waals surface area contributed by atoms with E-state index in [9.17, 15) is 4.39 Å². The lowest BCUT2D eigenvalue weighted by Gasteiger charge is -2.32. The van der Waals surface area contributed by atoms with Crippen molar-refractivity contribution in [2.75, 3.05) is 13.1 Å². The number of likely N-dealkylation sites (tertiary alicyclic amines) is 1. The zero-order valence-electron chi connectivity index (χ0n) is 11.0. The fourth-order valence-corrected chi connectivity index (χ4v) is 2.94. The summed E-state index contributed by atoms with van der Waals surface area (Å²) in [5, 5.41) is 3.72. The minimum atomic E-state index is -0.329. The molecule has 1 N–H and O–H groups in total. The van der Waals surface area contributed by atoms with Crippen LogP contribution in [0, 0.1) is 5.82 Å². The molecule has 1 saturated heterocycles. The van der Waals surface area contributed by atoms with Crippen LogP contribution in [0.4, 0.5) is 4.39 Å². The second-order valence-electron chi connectivity index (χ2n) is 5.67. The molecule has 0 aromatic heterocycles. The molecule has 1 saturated carbocycles. The summed E-state index contributed by atoms with van der Waals surface area (Å²) >= 11 is 5.68. The average molecular weight is 283 g/mol. The summed E-state index contributed by atoms with van der Waals surface area (Å²) in [4.78, 5) is 2.61. The van der Waals surface area contributed by atoms with Crippen molar-refractivity contribution in [3.63, 3.8) is 0 Å². The number of benzene rings is 1. The average Bonchev–Trinajstić information content (AvgIpc) is 3.25. The van der Waals surface area contributed by atoms with Crippen LogP contribution in [-0.4, -0.2) is 30.1 Å². The molecular formula is C15H20ClFN2. The molecule has 0 atom stereocenters. The van der Waals surface area contributed by atoms with E-state index in [1.54, 1.807) is 6.07 Å². The molecule has 0 spiro atoms. The summed E-state index contributed by atoms with van der Waals surface area (Å²) in [7, 11) is 0. The summed E-state index contributed by atoms with van der Waals surface area (Å²) in [6.45, 7) is 3.14. The van der Waals surface area contributed by atoms with Crippen molar-refractivity contribution >= 4 is 11.6 Å². The van der Waals surface area contributed by atoms with Crippen LogP contribution in [0.25, 0.3) is 0 Å². The Hall–Kier alpha value is -0.640. The molecule has 3 rings (SSSR count). The molecule has 2 nitrogen and oxygen atoms in total. The second kappa shape index (κ2) is 5.78. The van der Waals surface area contributed by atoms with Gasteiger partial charge in [0.2, 0.25) is 0 Å². The van der Waals surface area contributed by atoms with Crippen LogP contribution in [0.15, 0.2) is 18.2 Å². The molecule has 1 aromatic carbocycles. The van der Waals surface area contributed by atoms with Gasteiger partial charge in [0, 0.05) is 18.6 Å². The lowest BCUT2D eigenvalue weighted by atomic mass is 10.0. The number of rotatable bonds is 4. The molecule has 1 aliphatic carbocycles. The van der Waals surface area contributed by atoms with Crippen LogP contribution in [0.1, 0.15) is 31.2 Å². The number of nitrogens with zero attached hydrogens (tertiary/aromatic N) is 1. The van der Waals surface area contributed by atoms with Gasteiger partial charge < -0.3 is 10.2 Å². The zero-order valence-corrected chi connectivity index (χ0v) is 11.8. The van der Waals surface area contributed by atoms with Gasteiger partial charge >= 0.3 is 0 Å². The molecule has 0 radical (unpaired) electrons. The Morgan fingerprint density at radius 1 is 1.21 bits per heavy atom. The Morgan fingerprint density at radius 3 is 2.58 bits per heavy atom. The number of hydrogen-bond acceptors (Lipinski definition) is 2. The number of piperidine rings is 1. The van der Waals surface area contributed by atoms with Gasteiger partial charge in [0.05, 0.1) is 5.02 Å². The summed E-state index contributed by atoms with van der Waals surface area (Å²) in [6.07, 6.45) is 5.18. The summed E-state index contributed by atoms with van der Waals surface area (Å²) in [6, 6.07) is 6.48. The Bertz CT molecular complexity index is 440. The van der Waals surface area contributed by atoms with Gasteiger partial charge in [0.25, 0.3) is 0 Å². The molecule has 4 heteroatoms. The van der Waals surface area contributed by atoms with E-state index in [-0.39, 0.29) is 10.8 Å². The van der Waals surface area contributed by atoms with Gasteiger partial charge in [-0.15, -0.1) is 0 Å². The van der Waals surface area contributed by atoms with Gasteiger partial charge in [-0.2, -0.15) is 0 Å². The number of halogens is 2. The Morgan fingerprint density at radius 2 is 1.95 bits per heavy atom. The van der Waals surface area contributed by atoms with Gasteiger partial charge in [-0.05, 0) is 56.5 Å². The molecule has 104 valence electrons. The van der Waals surface area contributed by atoms with Gasteiger partial charge in [0.1, 0.15) is 5.82 Å². The highest BCUT2D eigenvalue weighted by Gasteiger charge is 2.31. The van der Waals surface area contributed by atoms with E-state index < -0.39 is 0 Å². The van der Waals surface area contributed by atoms with E-state index in [4.69, 9.17) is 11.6 Å². The number of nitrogens with one attached hydrogen (secondary N) is 1. The van der Waals surface area contributed by atoms with Crippen LogP contribution < -0.4 is 5.32 Å². The van der Waals surface area contributed by atoms with Gasteiger partial charge in [-0.1, -0.05) is 17.7 Å². The molecule has 2 fully saturated rings. The minimum absolute atomic E-state index is 0.196. The van der Waals surface area contributed by atoms with Gasteiger partial charge in [-0.3, -0.25) is 0 Å². The van der Waals surface area contributed by atoms with Crippen LogP contribution in [-0.2, 0) is 6.54 Å². The maximum atomic E-state index is 13.3. The van der Waals surface area contributed by atoms with E-state index in [0.29, 0.717) is 6.04 Å². The predicted molar refractivity (Wildman–Crippen MR) is 75.9 cm³/mol. The van der Waals surface area contributed by atoms with E-state index in [2.05, 4.69) is 10.2 Å². The normalized spacial score (nSPS) is 21.8. The summed E-state index contributed by atoms with van der Waals surface area (Å²) < 4.78 is 13.3. The topological polar surface area (TPSA) is 15.3 Å². The van der Waals surface area contributed by atoms with Crippen molar-refractivity contribution in [2.45, 2.75) is 44.3 Å². The van der Waals surface area contributed by atoms with Crippen molar-refractivity contribution < 1.29 is 4.39 Å². The van der Waals surface area contributed by atoms with Crippen LogP contribution in [0.3, 0.4) is 0 Å². The highest BCUT2D eigenvalue weighted by molar-refractivity contribution is 6.30. The maximum Gasteiger partial charge on any atom is 0.142 e. The Labute approximate surface area is 118 Å². The SMILES string of the molecule is Fc1cc(CNC2CCN(C3CC3)CC2)ccc1Cl. The monoisotopic (exact) mass is 282 g/mol. The summed E-state index contributed by atoms with van der Waals surface area (Å²) in [5.41, 5.74) is 0.964. The molecule has 19 heavy (non-hydrogen) atoms. The Kier molecular flexibility index (Phi) is 4.06. The van der Waals surface area contributed by atoms with Crippen molar-refractivity contribution in [1.29, 1.82) is 0 Å². The Balaban J connectivity index is 1.45. The number of hydrogen-bond donors (Lipinski definition) is 1. The molecular weight excluding hydrogens is 263 g/mol.